The van der Waals surface area contributed by atoms with Gasteiger partial charge in [0.05, 0.1) is 23.5 Å². The van der Waals surface area contributed by atoms with Gasteiger partial charge in [-0.05, 0) is 67.9 Å². The fourth-order valence-corrected chi connectivity index (χ4v) is 9.14. The number of benzene rings is 2. The number of amidine groups is 1. The number of nitrogens with two attached hydrogens (primary N) is 1. The number of amides is 3. The van der Waals surface area contributed by atoms with Gasteiger partial charge >= 0.3 is 6.03 Å². The summed E-state index contributed by atoms with van der Waals surface area (Å²) in [5, 5.41) is 10.7. The molecule has 2 fully saturated rings. The summed E-state index contributed by atoms with van der Waals surface area (Å²) in [7, 11) is -0.144. The van der Waals surface area contributed by atoms with Gasteiger partial charge in [0.25, 0.3) is 0 Å². The van der Waals surface area contributed by atoms with Gasteiger partial charge in [-0.1, -0.05) is 86.7 Å². The van der Waals surface area contributed by atoms with E-state index in [1.165, 1.54) is 19.3 Å². The number of aryl methyl sites for hydroxylation is 1. The molecule has 0 bridgehead atoms. The van der Waals surface area contributed by atoms with E-state index >= 15 is 0 Å². The Balaban J connectivity index is 1.46. The Bertz CT molecular complexity index is 1520. The molecule has 3 amide bonds. The minimum absolute atomic E-state index is 0.00952. The molecular formula is C39H57N5O5S. The first kappa shape index (κ1) is 39.1. The van der Waals surface area contributed by atoms with Crippen molar-refractivity contribution >= 4 is 33.4 Å². The standard InChI is InChI=1S/C39H57N5O5S/c1-43(2)39(47)44-25-23-31(24-26-44)15-20-34(28-50(48,49)27-32-11-7-4-8-12-32)38(46)42-35(21-16-29-9-5-3-6-10-29)36(45)22-17-30-13-18-33(19-14-30)37(40)41/h4,7-8,11-14,18-19,29,31,34-35H,3,5-6,9-10,15-17,20-28H2,1-2H3,(H3,40,41)(H,42,46)/t34-,35-/m0/s1. The molecule has 4 N–H and O–H groups in total. The van der Waals surface area contributed by atoms with Crippen LogP contribution in [0, 0.1) is 23.2 Å². The zero-order chi connectivity index (χ0) is 36.1. The number of piperidine rings is 1. The Morgan fingerprint density at radius 1 is 0.880 bits per heavy atom. The lowest BCUT2D eigenvalue weighted by Crippen LogP contribution is -2.46. The summed E-state index contributed by atoms with van der Waals surface area (Å²) >= 11 is 0. The van der Waals surface area contributed by atoms with E-state index in [-0.39, 0.29) is 47.4 Å². The molecule has 1 saturated carbocycles. The first-order valence-corrected chi connectivity index (χ1v) is 20.2. The Morgan fingerprint density at radius 3 is 2.12 bits per heavy atom. The summed E-state index contributed by atoms with van der Waals surface area (Å²) in [5.41, 5.74) is 7.85. The van der Waals surface area contributed by atoms with E-state index in [1.54, 1.807) is 43.3 Å². The predicted octanol–water partition coefficient (Wildman–Crippen LogP) is 5.72. The van der Waals surface area contributed by atoms with E-state index in [0.29, 0.717) is 55.8 Å². The molecule has 50 heavy (non-hydrogen) atoms. The van der Waals surface area contributed by atoms with Crippen molar-refractivity contribution in [3.63, 3.8) is 0 Å². The Morgan fingerprint density at radius 2 is 1.50 bits per heavy atom. The van der Waals surface area contributed by atoms with Gasteiger partial charge in [0.1, 0.15) is 5.84 Å². The second kappa shape index (κ2) is 19.0. The highest BCUT2D eigenvalue weighted by molar-refractivity contribution is 7.90. The molecule has 0 aromatic heterocycles. The summed E-state index contributed by atoms with van der Waals surface area (Å²) < 4.78 is 27.0. The van der Waals surface area contributed by atoms with Gasteiger partial charge in [-0.3, -0.25) is 15.0 Å². The minimum Gasteiger partial charge on any atom is -0.384 e. The zero-order valence-electron chi connectivity index (χ0n) is 29.9. The van der Waals surface area contributed by atoms with Crippen molar-refractivity contribution in [1.29, 1.82) is 5.41 Å². The Hall–Kier alpha value is -3.73. The van der Waals surface area contributed by atoms with E-state index < -0.39 is 21.8 Å². The van der Waals surface area contributed by atoms with Gasteiger partial charge in [0, 0.05) is 39.2 Å². The van der Waals surface area contributed by atoms with Crippen molar-refractivity contribution in [2.24, 2.45) is 23.5 Å². The van der Waals surface area contributed by atoms with Gasteiger partial charge in [0.15, 0.2) is 15.6 Å². The Kier molecular flexibility index (Phi) is 14.9. The van der Waals surface area contributed by atoms with Crippen molar-refractivity contribution in [2.75, 3.05) is 32.9 Å². The van der Waals surface area contributed by atoms with Crippen molar-refractivity contribution in [2.45, 2.75) is 95.3 Å². The summed E-state index contributed by atoms with van der Waals surface area (Å²) in [4.78, 5) is 43.7. The monoisotopic (exact) mass is 707 g/mol. The van der Waals surface area contributed by atoms with Crippen LogP contribution < -0.4 is 11.1 Å². The number of nitrogens with one attached hydrogen (secondary N) is 2. The largest absolute Gasteiger partial charge is 0.384 e. The van der Waals surface area contributed by atoms with Gasteiger partial charge in [0.2, 0.25) is 5.91 Å². The number of likely N-dealkylation sites (tertiary alicyclic amines) is 1. The van der Waals surface area contributed by atoms with E-state index in [1.807, 2.05) is 35.2 Å². The van der Waals surface area contributed by atoms with E-state index in [2.05, 4.69) is 5.32 Å². The molecule has 0 unspecified atom stereocenters. The highest BCUT2D eigenvalue weighted by Crippen LogP contribution is 2.29. The summed E-state index contributed by atoms with van der Waals surface area (Å²) in [6.07, 6.45) is 10.7. The average molecular weight is 708 g/mol. The maximum Gasteiger partial charge on any atom is 0.319 e. The van der Waals surface area contributed by atoms with Crippen molar-refractivity contribution < 1.29 is 22.8 Å². The summed E-state index contributed by atoms with van der Waals surface area (Å²) in [6, 6.07) is 15.6. The molecule has 0 spiro atoms. The lowest BCUT2D eigenvalue weighted by Gasteiger charge is -2.34. The minimum atomic E-state index is -3.63. The third-order valence-electron chi connectivity index (χ3n) is 10.5. The van der Waals surface area contributed by atoms with Crippen LogP contribution in [0.1, 0.15) is 93.7 Å². The summed E-state index contributed by atoms with van der Waals surface area (Å²) in [6.45, 7) is 1.28. The van der Waals surface area contributed by atoms with Crippen molar-refractivity contribution in [3.05, 3.63) is 71.3 Å². The highest BCUT2D eigenvalue weighted by Gasteiger charge is 2.32. The van der Waals surface area contributed by atoms with E-state index in [9.17, 15) is 22.8 Å². The Labute approximate surface area is 299 Å². The lowest BCUT2D eigenvalue weighted by molar-refractivity contribution is -0.130. The van der Waals surface area contributed by atoms with Crippen LogP contribution in [0.25, 0.3) is 0 Å². The normalized spacial score (nSPS) is 17.1. The number of Topliss-reactive ketones (excluding diaryl/α,β-unsaturated/α-hetero) is 1. The van der Waals surface area contributed by atoms with Crippen molar-refractivity contribution in [3.8, 4) is 0 Å². The molecule has 2 aliphatic rings. The lowest BCUT2D eigenvalue weighted by atomic mass is 9.84. The number of carbonyl (C=O) groups is 3. The average Bonchev–Trinajstić information content (AvgIpc) is 3.11. The van der Waals surface area contributed by atoms with Crippen LogP contribution in [0.4, 0.5) is 4.79 Å². The number of sulfone groups is 1. The zero-order valence-corrected chi connectivity index (χ0v) is 30.8. The van der Waals surface area contributed by atoms with Crippen LogP contribution in [0.5, 0.6) is 0 Å². The molecule has 2 aromatic rings. The van der Waals surface area contributed by atoms with Crippen LogP contribution in [0.3, 0.4) is 0 Å². The molecule has 4 rings (SSSR count). The second-order valence-electron chi connectivity index (χ2n) is 14.6. The smallest absolute Gasteiger partial charge is 0.319 e. The molecule has 11 heteroatoms. The quantitative estimate of drug-likeness (QED) is 0.141. The van der Waals surface area contributed by atoms with E-state index in [4.69, 9.17) is 11.1 Å². The van der Waals surface area contributed by atoms with Gasteiger partial charge in [-0.15, -0.1) is 0 Å². The van der Waals surface area contributed by atoms with Crippen molar-refractivity contribution in [1.82, 2.24) is 15.1 Å². The molecule has 1 saturated heterocycles. The number of hydrogen-bond acceptors (Lipinski definition) is 6. The molecule has 0 radical (unpaired) electrons. The van der Waals surface area contributed by atoms with Crippen LogP contribution >= 0.6 is 0 Å². The molecular weight excluding hydrogens is 651 g/mol. The number of urea groups is 1. The molecule has 274 valence electrons. The maximum atomic E-state index is 14.1. The van der Waals surface area contributed by atoms with E-state index in [0.717, 1.165) is 37.7 Å². The first-order chi connectivity index (χ1) is 23.9. The number of carbonyl (C=O) groups excluding carboxylic acids is 3. The second-order valence-corrected chi connectivity index (χ2v) is 16.8. The molecule has 2 atom stereocenters. The summed E-state index contributed by atoms with van der Waals surface area (Å²) in [5.74, 6) is -0.818. The first-order valence-electron chi connectivity index (χ1n) is 18.4. The number of nitrogens with zero attached hydrogens (tertiary/aromatic N) is 2. The molecule has 10 nitrogen and oxygen atoms in total. The number of nitrogen functional groups attached to an aromatic ring is 1. The van der Waals surface area contributed by atoms with Gasteiger partial charge < -0.3 is 20.9 Å². The molecule has 1 heterocycles. The molecule has 1 aliphatic carbocycles. The SMILES string of the molecule is CN(C)C(=O)N1CCC(CC[C@@H](CS(=O)(=O)Cc2ccccc2)C(=O)N[C@@H](CCC2CCCCC2)C(=O)CCc2ccc(C(=N)N)cc2)CC1. The fourth-order valence-electron chi connectivity index (χ4n) is 7.39. The third-order valence-corrected chi connectivity index (χ3v) is 12.1. The van der Waals surface area contributed by atoms with Crippen LogP contribution in [0.15, 0.2) is 54.6 Å². The van der Waals surface area contributed by atoms with Crippen LogP contribution in [0.2, 0.25) is 0 Å². The van der Waals surface area contributed by atoms with Gasteiger partial charge in [-0.25, -0.2) is 13.2 Å². The topological polar surface area (TPSA) is 154 Å². The molecule has 1 aliphatic heterocycles. The third kappa shape index (κ3) is 12.5. The number of hydrogen-bond donors (Lipinski definition) is 3. The van der Waals surface area contributed by atoms with Gasteiger partial charge in [-0.2, -0.15) is 0 Å². The number of ketones is 1. The fraction of sp³-hybridized carbons (Fsp3) is 0.590. The predicted molar refractivity (Wildman–Crippen MR) is 199 cm³/mol. The van der Waals surface area contributed by atoms with Crippen LogP contribution in [-0.2, 0) is 31.6 Å². The molecule has 2 aromatic carbocycles. The maximum absolute atomic E-state index is 14.1. The number of rotatable bonds is 17. The van der Waals surface area contributed by atoms with Crippen LogP contribution in [-0.4, -0.2) is 80.8 Å². The highest BCUT2D eigenvalue weighted by atomic mass is 32.2.